The summed E-state index contributed by atoms with van der Waals surface area (Å²) >= 11 is 3.20. The molecule has 0 saturated carbocycles. The highest BCUT2D eigenvalue weighted by molar-refractivity contribution is 9.10. The first kappa shape index (κ1) is 11.8. The van der Waals surface area contributed by atoms with Gasteiger partial charge in [0, 0.05) is 4.47 Å². The number of benzene rings is 1. The number of nitrogens with zero attached hydrogens (tertiary/aromatic N) is 1. The van der Waals surface area contributed by atoms with Gasteiger partial charge >= 0.3 is 5.97 Å². The topological polar surface area (TPSA) is 74.7 Å². The van der Waals surface area contributed by atoms with E-state index in [0.29, 0.717) is 4.47 Å². The molecule has 1 N–H and O–H groups in total. The molecule has 6 heteroatoms. The number of carbonyl (C=O) groups is 3. The number of imide groups is 1. The SMILES string of the molecule is C[C@H](C(=O)O)N1C(=O)c2ccc(Br)cc2C1=O. The maximum Gasteiger partial charge on any atom is 0.326 e. The van der Waals surface area contributed by atoms with E-state index in [0.717, 1.165) is 4.90 Å². The summed E-state index contributed by atoms with van der Waals surface area (Å²) in [6.45, 7) is 1.30. The van der Waals surface area contributed by atoms with Crippen LogP contribution in [0.15, 0.2) is 22.7 Å². The van der Waals surface area contributed by atoms with Crippen LogP contribution in [-0.2, 0) is 4.79 Å². The molecular weight excluding hydrogens is 290 g/mol. The third-order valence-corrected chi connectivity index (χ3v) is 3.12. The van der Waals surface area contributed by atoms with E-state index in [9.17, 15) is 14.4 Å². The average molecular weight is 298 g/mol. The standard InChI is InChI=1S/C11H8BrNO4/c1-5(11(16)17)13-9(14)7-3-2-6(12)4-8(7)10(13)15/h2-5H,1H3,(H,16,17)/t5-/m1/s1. The molecule has 1 aromatic carbocycles. The third-order valence-electron chi connectivity index (χ3n) is 2.62. The summed E-state index contributed by atoms with van der Waals surface area (Å²) in [6, 6.07) is 3.50. The second-order valence-electron chi connectivity index (χ2n) is 3.68. The summed E-state index contributed by atoms with van der Waals surface area (Å²) < 4.78 is 0.669. The van der Waals surface area contributed by atoms with Crippen molar-refractivity contribution in [3.05, 3.63) is 33.8 Å². The number of rotatable bonds is 2. The van der Waals surface area contributed by atoms with Crippen molar-refractivity contribution in [1.82, 2.24) is 4.90 Å². The van der Waals surface area contributed by atoms with Crippen LogP contribution in [0, 0.1) is 0 Å². The van der Waals surface area contributed by atoms with Crippen LogP contribution in [-0.4, -0.2) is 33.8 Å². The molecule has 0 aromatic heterocycles. The van der Waals surface area contributed by atoms with E-state index in [2.05, 4.69) is 15.9 Å². The van der Waals surface area contributed by atoms with E-state index in [4.69, 9.17) is 5.11 Å². The van der Waals surface area contributed by atoms with Crippen molar-refractivity contribution in [2.45, 2.75) is 13.0 Å². The van der Waals surface area contributed by atoms with Crippen LogP contribution in [0.25, 0.3) is 0 Å². The summed E-state index contributed by atoms with van der Waals surface area (Å²) in [5.74, 6) is -2.34. The van der Waals surface area contributed by atoms with E-state index in [1.54, 1.807) is 6.07 Å². The quantitative estimate of drug-likeness (QED) is 0.840. The number of carbonyl (C=O) groups excluding carboxylic acids is 2. The van der Waals surface area contributed by atoms with Crippen molar-refractivity contribution in [3.8, 4) is 0 Å². The fraction of sp³-hybridized carbons (Fsp3) is 0.182. The molecular formula is C11H8BrNO4. The molecule has 0 saturated heterocycles. The molecule has 1 aromatic rings. The van der Waals surface area contributed by atoms with Gasteiger partial charge in [-0.1, -0.05) is 15.9 Å². The number of amides is 2. The molecule has 1 atom stereocenters. The first-order valence-corrected chi connectivity index (χ1v) is 5.63. The van der Waals surface area contributed by atoms with Crippen molar-refractivity contribution in [2.75, 3.05) is 0 Å². The van der Waals surface area contributed by atoms with Gasteiger partial charge in [-0.15, -0.1) is 0 Å². The van der Waals surface area contributed by atoms with Gasteiger partial charge in [0.15, 0.2) is 0 Å². The van der Waals surface area contributed by atoms with Crippen molar-refractivity contribution in [1.29, 1.82) is 0 Å². The van der Waals surface area contributed by atoms with Gasteiger partial charge in [-0.2, -0.15) is 0 Å². The van der Waals surface area contributed by atoms with Gasteiger partial charge in [-0.25, -0.2) is 4.79 Å². The van der Waals surface area contributed by atoms with Crippen LogP contribution in [0.1, 0.15) is 27.6 Å². The molecule has 5 nitrogen and oxygen atoms in total. The molecule has 2 amide bonds. The van der Waals surface area contributed by atoms with Crippen LogP contribution < -0.4 is 0 Å². The Hall–Kier alpha value is -1.69. The third kappa shape index (κ3) is 1.74. The lowest BCUT2D eigenvalue weighted by atomic mass is 10.1. The highest BCUT2D eigenvalue weighted by Gasteiger charge is 2.40. The van der Waals surface area contributed by atoms with Gasteiger partial charge in [0.2, 0.25) is 0 Å². The van der Waals surface area contributed by atoms with Gasteiger partial charge in [0.05, 0.1) is 11.1 Å². The lowest BCUT2D eigenvalue weighted by Gasteiger charge is -2.17. The maximum absolute atomic E-state index is 11.9. The monoisotopic (exact) mass is 297 g/mol. The Kier molecular flexibility index (Phi) is 2.74. The Morgan fingerprint density at radius 1 is 1.29 bits per heavy atom. The molecule has 2 rings (SSSR count). The van der Waals surface area contributed by atoms with Gasteiger partial charge in [0.1, 0.15) is 6.04 Å². The molecule has 1 aliphatic heterocycles. The summed E-state index contributed by atoms with van der Waals surface area (Å²) in [5.41, 5.74) is 0.476. The number of carboxylic acids is 1. The zero-order chi connectivity index (χ0) is 12.7. The summed E-state index contributed by atoms with van der Waals surface area (Å²) in [7, 11) is 0. The molecule has 0 unspecified atom stereocenters. The predicted octanol–water partition coefficient (Wildman–Crippen LogP) is 1.52. The van der Waals surface area contributed by atoms with E-state index in [1.807, 2.05) is 0 Å². The van der Waals surface area contributed by atoms with E-state index in [-0.39, 0.29) is 11.1 Å². The minimum Gasteiger partial charge on any atom is -0.480 e. The molecule has 1 heterocycles. The van der Waals surface area contributed by atoms with Gasteiger partial charge in [-0.3, -0.25) is 14.5 Å². The zero-order valence-corrected chi connectivity index (χ0v) is 10.4. The number of aliphatic carboxylic acids is 1. The predicted molar refractivity (Wildman–Crippen MR) is 61.7 cm³/mol. The molecule has 0 fully saturated rings. The van der Waals surface area contributed by atoms with Crippen molar-refractivity contribution < 1.29 is 19.5 Å². The first-order valence-electron chi connectivity index (χ1n) is 4.83. The second-order valence-corrected chi connectivity index (χ2v) is 4.60. The lowest BCUT2D eigenvalue weighted by molar-refractivity contribution is -0.140. The van der Waals surface area contributed by atoms with E-state index >= 15 is 0 Å². The summed E-state index contributed by atoms with van der Waals surface area (Å²) in [4.78, 5) is 35.4. The lowest BCUT2D eigenvalue weighted by Crippen LogP contribution is -2.42. The fourth-order valence-corrected chi connectivity index (χ4v) is 2.05. The molecule has 0 spiro atoms. The van der Waals surface area contributed by atoms with Crippen LogP contribution >= 0.6 is 15.9 Å². The van der Waals surface area contributed by atoms with Crippen LogP contribution in [0.5, 0.6) is 0 Å². The molecule has 0 aliphatic carbocycles. The first-order chi connectivity index (χ1) is 7.93. The average Bonchev–Trinajstić information content (AvgIpc) is 2.50. The molecule has 1 aliphatic rings. The Labute approximate surface area is 105 Å². The Balaban J connectivity index is 2.49. The highest BCUT2D eigenvalue weighted by Crippen LogP contribution is 2.27. The smallest absolute Gasteiger partial charge is 0.326 e. The largest absolute Gasteiger partial charge is 0.480 e. The van der Waals surface area contributed by atoms with Crippen LogP contribution in [0.2, 0.25) is 0 Å². The Bertz CT molecular complexity index is 540. The minimum absolute atomic E-state index is 0.234. The number of hydrogen-bond acceptors (Lipinski definition) is 3. The van der Waals surface area contributed by atoms with Gasteiger partial charge < -0.3 is 5.11 Å². The second kappa shape index (κ2) is 3.96. The molecule has 0 bridgehead atoms. The summed E-state index contributed by atoms with van der Waals surface area (Å²) in [6.07, 6.45) is 0. The highest BCUT2D eigenvalue weighted by atomic mass is 79.9. The van der Waals surface area contributed by atoms with E-state index < -0.39 is 23.8 Å². The van der Waals surface area contributed by atoms with Crippen LogP contribution in [0.4, 0.5) is 0 Å². The van der Waals surface area contributed by atoms with Crippen molar-refractivity contribution in [3.63, 3.8) is 0 Å². The van der Waals surface area contributed by atoms with Gasteiger partial charge in [0.25, 0.3) is 11.8 Å². The van der Waals surface area contributed by atoms with Gasteiger partial charge in [-0.05, 0) is 25.1 Å². The number of carboxylic acid groups (broad SMARTS) is 1. The number of halogens is 1. The van der Waals surface area contributed by atoms with Crippen molar-refractivity contribution in [2.24, 2.45) is 0 Å². The summed E-state index contributed by atoms with van der Waals surface area (Å²) in [5, 5.41) is 8.86. The van der Waals surface area contributed by atoms with Crippen molar-refractivity contribution >= 4 is 33.7 Å². The van der Waals surface area contributed by atoms with Crippen LogP contribution in [0.3, 0.4) is 0 Å². The number of hydrogen-bond donors (Lipinski definition) is 1. The maximum atomic E-state index is 11.9. The van der Waals surface area contributed by atoms with E-state index in [1.165, 1.54) is 19.1 Å². The molecule has 17 heavy (non-hydrogen) atoms. The Morgan fingerprint density at radius 2 is 1.88 bits per heavy atom. The number of fused-ring (bicyclic) bond motifs is 1. The molecule has 88 valence electrons. The zero-order valence-electron chi connectivity index (χ0n) is 8.81. The fourth-order valence-electron chi connectivity index (χ4n) is 1.69. The minimum atomic E-state index is -1.21. The molecule has 0 radical (unpaired) electrons. The normalized spacial score (nSPS) is 16.0. The Morgan fingerprint density at radius 3 is 2.47 bits per heavy atom.